The van der Waals surface area contributed by atoms with Gasteiger partial charge >= 0.3 is 0 Å². The third-order valence-corrected chi connectivity index (χ3v) is 5.29. The quantitative estimate of drug-likeness (QED) is 0.377. The van der Waals surface area contributed by atoms with Crippen molar-refractivity contribution in [2.24, 2.45) is 19.1 Å². The molecule has 2 aromatic rings. The van der Waals surface area contributed by atoms with E-state index in [1.54, 1.807) is 7.11 Å². The second kappa shape index (κ2) is 10.7. The molecule has 1 aliphatic heterocycles. The van der Waals surface area contributed by atoms with Crippen LogP contribution in [0, 0.1) is 6.92 Å². The van der Waals surface area contributed by atoms with Crippen molar-refractivity contribution < 1.29 is 4.74 Å². The molecule has 2 aliphatic rings. The number of fused-ring (bicyclic) bond motifs is 1. The van der Waals surface area contributed by atoms with Gasteiger partial charge < -0.3 is 13.9 Å². The molecule has 6 heteroatoms. The highest BCUT2D eigenvalue weighted by Gasteiger charge is 2.24. The molecular weight excluding hydrogens is 576 g/mol. The summed E-state index contributed by atoms with van der Waals surface area (Å²) >= 11 is 4.24. The van der Waals surface area contributed by atoms with Gasteiger partial charge in [0.1, 0.15) is 11.5 Å². The minimum atomic E-state index is 0.830. The highest BCUT2D eigenvalue weighted by Crippen LogP contribution is 2.33. The molecule has 0 spiro atoms. The van der Waals surface area contributed by atoms with Gasteiger partial charge in [0.2, 0.25) is 0 Å². The number of aryl methyl sites for hydroxylation is 1. The lowest BCUT2D eigenvalue weighted by atomic mass is 10.1. The molecule has 0 N–H and O–H groups in total. The molecule has 28 heavy (non-hydrogen) atoms. The fourth-order valence-electron chi connectivity index (χ4n) is 3.87. The van der Waals surface area contributed by atoms with E-state index in [4.69, 9.17) is 9.73 Å². The summed E-state index contributed by atoms with van der Waals surface area (Å²) in [5.41, 5.74) is 8.62. The van der Waals surface area contributed by atoms with E-state index in [1.165, 1.54) is 35.4 Å². The second-order valence-electron chi connectivity index (χ2n) is 6.58. The summed E-state index contributed by atoms with van der Waals surface area (Å²) in [7, 11) is 5.89. The van der Waals surface area contributed by atoms with E-state index < -0.39 is 0 Å². The Labute approximate surface area is 192 Å². The Hall–Kier alpha value is -1.03. The number of hydrogen-bond acceptors (Lipinski definition) is 2. The van der Waals surface area contributed by atoms with Gasteiger partial charge in [0.25, 0.3) is 0 Å². The van der Waals surface area contributed by atoms with Crippen LogP contribution in [0.2, 0.25) is 0 Å². The van der Waals surface area contributed by atoms with Crippen molar-refractivity contribution in [2.75, 3.05) is 7.11 Å². The molecule has 4 nitrogen and oxygen atoms in total. The first kappa shape index (κ1) is 23.3. The molecule has 4 rings (SSSR count). The molecule has 1 aliphatic carbocycles. The Kier molecular flexibility index (Phi) is 8.85. The van der Waals surface area contributed by atoms with Crippen LogP contribution in [0.25, 0.3) is 6.08 Å². The molecule has 0 radical (unpaired) electrons. The number of methoxy groups -OCH3 is 1. The van der Waals surface area contributed by atoms with Crippen molar-refractivity contribution in [2.45, 2.75) is 40.0 Å². The number of aromatic nitrogens is 2. The Balaban J connectivity index is 0.000000660. The molecule has 0 unspecified atom stereocenters. The number of allylic oxidation sites excluding steroid dienone is 1. The summed E-state index contributed by atoms with van der Waals surface area (Å²) in [5, 5.41) is 0. The van der Waals surface area contributed by atoms with E-state index in [-0.39, 0.29) is 0 Å². The number of nitrogens with zero attached hydrogens (tertiary/aromatic N) is 3. The third kappa shape index (κ3) is 4.42. The van der Waals surface area contributed by atoms with Crippen LogP contribution in [0.4, 0.5) is 0 Å². The van der Waals surface area contributed by atoms with Gasteiger partial charge in [-0.25, -0.2) is 4.99 Å². The van der Waals surface area contributed by atoms with E-state index in [0.717, 1.165) is 29.3 Å². The maximum Gasteiger partial charge on any atom is 0.146 e. The highest BCUT2D eigenvalue weighted by molar-refractivity contribution is 15.0. The van der Waals surface area contributed by atoms with Gasteiger partial charge in [0.15, 0.2) is 0 Å². The minimum Gasteiger partial charge on any atom is -0.494 e. The zero-order valence-electron chi connectivity index (χ0n) is 17.5. The highest BCUT2D eigenvalue weighted by atomic mass is 128. The van der Waals surface area contributed by atoms with Gasteiger partial charge in [-0.2, -0.15) is 0 Å². The molecule has 0 atom stereocenters. The lowest BCUT2D eigenvalue weighted by Gasteiger charge is -2.06. The molecule has 3 heterocycles. The molecule has 2 aromatic heterocycles. The van der Waals surface area contributed by atoms with Gasteiger partial charge in [-0.05, 0) is 55.5 Å². The summed E-state index contributed by atoms with van der Waals surface area (Å²) in [6, 6.07) is 4.11. The van der Waals surface area contributed by atoms with Crippen molar-refractivity contribution in [1.29, 1.82) is 0 Å². The van der Waals surface area contributed by atoms with Crippen LogP contribution in [0.3, 0.4) is 0 Å². The predicted molar refractivity (Wildman–Crippen MR) is 137 cm³/mol. The summed E-state index contributed by atoms with van der Waals surface area (Å²) in [5.74, 6) is 0.830. The van der Waals surface area contributed by atoms with Gasteiger partial charge in [0, 0.05) is 75.0 Å². The van der Waals surface area contributed by atoms with Gasteiger partial charge in [-0.15, -0.1) is 0 Å². The van der Waals surface area contributed by atoms with Gasteiger partial charge in [-0.3, -0.25) is 0 Å². The van der Waals surface area contributed by atoms with Crippen molar-refractivity contribution in [1.82, 2.24) is 9.13 Å². The molecule has 0 fully saturated rings. The van der Waals surface area contributed by atoms with Crippen molar-refractivity contribution in [3.63, 3.8) is 0 Å². The summed E-state index contributed by atoms with van der Waals surface area (Å²) in [4.78, 5) is 4.84. The van der Waals surface area contributed by atoms with Crippen LogP contribution < -0.4 is 0 Å². The zero-order valence-corrected chi connectivity index (χ0v) is 21.8. The van der Waals surface area contributed by atoms with Crippen LogP contribution in [0.1, 0.15) is 48.5 Å². The lowest BCUT2D eigenvalue weighted by Crippen LogP contribution is -2.01. The largest absolute Gasteiger partial charge is 0.494 e. The average molecular weight is 605 g/mol. The number of rotatable bonds is 3. The number of aliphatic imine (C=N–C) groups is 1. The van der Waals surface area contributed by atoms with Gasteiger partial charge in [-0.1, -0.05) is 13.8 Å². The van der Waals surface area contributed by atoms with Crippen LogP contribution in [0.15, 0.2) is 40.9 Å². The minimum absolute atomic E-state index is 0.830. The van der Waals surface area contributed by atoms with E-state index in [2.05, 4.69) is 72.5 Å². The zero-order chi connectivity index (χ0) is 20.8. The summed E-state index contributed by atoms with van der Waals surface area (Å²) < 4.78 is 9.96. The van der Waals surface area contributed by atoms with E-state index >= 15 is 0 Å². The average Bonchev–Trinajstić information content (AvgIpc) is 3.49. The fourth-order valence-corrected chi connectivity index (χ4v) is 3.87. The number of hydrogen-bond donors (Lipinski definition) is 0. The van der Waals surface area contributed by atoms with Gasteiger partial charge in [0.05, 0.1) is 18.5 Å². The SMILES string of the molecule is CC.COC1=CC(c2cccn2C)=N/C1=C/c1c2c(c(C)n1C)CCC2.II. The molecule has 0 saturated carbocycles. The number of halogens is 2. The third-order valence-electron chi connectivity index (χ3n) is 5.29. The monoisotopic (exact) mass is 605 g/mol. The van der Waals surface area contributed by atoms with Crippen LogP contribution >= 0.6 is 37.2 Å². The van der Waals surface area contributed by atoms with Crippen molar-refractivity contribution >= 4 is 49.0 Å². The van der Waals surface area contributed by atoms with Crippen molar-refractivity contribution in [3.8, 4) is 0 Å². The van der Waals surface area contributed by atoms with Crippen LogP contribution in [-0.2, 0) is 31.7 Å². The first-order valence-corrected chi connectivity index (χ1v) is 15.9. The topological polar surface area (TPSA) is 31.4 Å². The Bertz CT molecular complexity index is 917. The Morgan fingerprint density at radius 3 is 2.43 bits per heavy atom. The number of ether oxygens (including phenoxy) is 1. The lowest BCUT2D eigenvalue weighted by molar-refractivity contribution is 0.303. The van der Waals surface area contributed by atoms with Crippen LogP contribution in [0.5, 0.6) is 0 Å². The summed E-state index contributed by atoms with van der Waals surface area (Å²) in [6.07, 6.45) is 9.86. The molecule has 0 bridgehead atoms. The van der Waals surface area contributed by atoms with Crippen molar-refractivity contribution in [3.05, 3.63) is 64.1 Å². The van der Waals surface area contributed by atoms with Crippen LogP contribution in [-0.4, -0.2) is 22.0 Å². The maximum absolute atomic E-state index is 5.59. The van der Waals surface area contributed by atoms with E-state index in [9.17, 15) is 0 Å². The van der Waals surface area contributed by atoms with E-state index in [0.29, 0.717) is 0 Å². The molecule has 0 amide bonds. The molecule has 0 aromatic carbocycles. The Morgan fingerprint density at radius 1 is 1.14 bits per heavy atom. The van der Waals surface area contributed by atoms with E-state index in [1.807, 2.05) is 39.2 Å². The molecule has 152 valence electrons. The first-order valence-electron chi connectivity index (χ1n) is 9.59. The predicted octanol–water partition coefficient (Wildman–Crippen LogP) is 6.33. The fraction of sp³-hybridized carbons (Fsp3) is 0.409. The first-order chi connectivity index (χ1) is 13.6. The second-order valence-corrected chi connectivity index (χ2v) is 6.58. The standard InChI is InChI=1S/C20H23N3O.C2H6.I2/c1-13-14-7-5-8-15(14)19(23(13)3)11-17-20(24-4)12-16(21-17)18-9-6-10-22(18)2;2*1-2/h6,9-12H,5,7-8H2,1-4H3;1-2H3;/b17-11+;;. The molecule has 0 saturated heterocycles. The Morgan fingerprint density at radius 2 is 1.82 bits per heavy atom. The summed E-state index contributed by atoms with van der Waals surface area (Å²) in [6.45, 7) is 6.21. The molecular formula is C22H29I2N3O. The maximum atomic E-state index is 5.59. The normalized spacial score (nSPS) is 15.9. The smallest absolute Gasteiger partial charge is 0.146 e.